The van der Waals surface area contributed by atoms with Crippen molar-refractivity contribution in [3.05, 3.63) is 11.7 Å². The van der Waals surface area contributed by atoms with E-state index in [0.717, 1.165) is 36.5 Å². The van der Waals surface area contributed by atoms with Crippen molar-refractivity contribution in [2.24, 2.45) is 11.8 Å². The summed E-state index contributed by atoms with van der Waals surface area (Å²) in [6.07, 6.45) is 11.2. The lowest BCUT2D eigenvalue weighted by molar-refractivity contribution is 0.300. The fraction of sp³-hybridized carbons (Fsp3) is 0.882. The van der Waals surface area contributed by atoms with Crippen LogP contribution in [0.3, 0.4) is 0 Å². The molecule has 2 fully saturated rings. The van der Waals surface area contributed by atoms with Gasteiger partial charge in [0.2, 0.25) is 5.89 Å². The molecular formula is C17H29N3O. The molecule has 2 heterocycles. The number of hydrogen-bond donors (Lipinski definition) is 1. The number of rotatable bonds is 5. The molecule has 1 unspecified atom stereocenters. The van der Waals surface area contributed by atoms with E-state index in [0.29, 0.717) is 5.92 Å². The zero-order chi connectivity index (χ0) is 14.5. The molecule has 0 amide bonds. The first kappa shape index (κ1) is 15.0. The Labute approximate surface area is 128 Å². The zero-order valence-corrected chi connectivity index (χ0v) is 13.3. The fourth-order valence-corrected chi connectivity index (χ4v) is 3.86. The van der Waals surface area contributed by atoms with Gasteiger partial charge in [-0.1, -0.05) is 18.5 Å². The molecule has 4 heteroatoms. The summed E-state index contributed by atoms with van der Waals surface area (Å²) in [6, 6.07) is 0. The molecule has 0 radical (unpaired) electrons. The summed E-state index contributed by atoms with van der Waals surface area (Å²) in [7, 11) is 0. The van der Waals surface area contributed by atoms with Gasteiger partial charge in [-0.3, -0.25) is 0 Å². The van der Waals surface area contributed by atoms with E-state index in [-0.39, 0.29) is 0 Å². The van der Waals surface area contributed by atoms with Crippen LogP contribution in [0.15, 0.2) is 4.52 Å². The highest BCUT2D eigenvalue weighted by atomic mass is 16.5. The first-order chi connectivity index (χ1) is 10.3. The van der Waals surface area contributed by atoms with Crippen molar-refractivity contribution in [2.75, 3.05) is 13.1 Å². The van der Waals surface area contributed by atoms with E-state index >= 15 is 0 Å². The van der Waals surface area contributed by atoms with Crippen LogP contribution in [0, 0.1) is 11.8 Å². The Morgan fingerprint density at radius 1 is 1.14 bits per heavy atom. The van der Waals surface area contributed by atoms with Gasteiger partial charge in [0.05, 0.1) is 0 Å². The maximum Gasteiger partial charge on any atom is 0.226 e. The van der Waals surface area contributed by atoms with E-state index in [9.17, 15) is 0 Å². The van der Waals surface area contributed by atoms with Crippen molar-refractivity contribution >= 4 is 0 Å². The van der Waals surface area contributed by atoms with Crippen LogP contribution >= 0.6 is 0 Å². The second kappa shape index (κ2) is 7.39. The highest BCUT2D eigenvalue weighted by Gasteiger charge is 2.25. The van der Waals surface area contributed by atoms with Crippen LogP contribution in [0.2, 0.25) is 0 Å². The molecule has 3 rings (SSSR count). The molecular weight excluding hydrogens is 262 g/mol. The van der Waals surface area contributed by atoms with E-state index in [1.165, 1.54) is 57.9 Å². The molecule has 0 spiro atoms. The van der Waals surface area contributed by atoms with Crippen LogP contribution in [0.25, 0.3) is 0 Å². The minimum Gasteiger partial charge on any atom is -0.339 e. The molecule has 0 bridgehead atoms. The van der Waals surface area contributed by atoms with Gasteiger partial charge in [-0.2, -0.15) is 4.98 Å². The van der Waals surface area contributed by atoms with Crippen molar-refractivity contribution in [2.45, 2.75) is 70.6 Å². The average Bonchev–Trinajstić information content (AvgIpc) is 3.03. The summed E-state index contributed by atoms with van der Waals surface area (Å²) < 4.78 is 5.48. The molecule has 118 valence electrons. The lowest BCUT2D eigenvalue weighted by Gasteiger charge is -2.25. The Hall–Kier alpha value is -0.900. The van der Waals surface area contributed by atoms with Gasteiger partial charge >= 0.3 is 0 Å². The van der Waals surface area contributed by atoms with Crippen molar-refractivity contribution < 1.29 is 4.52 Å². The summed E-state index contributed by atoms with van der Waals surface area (Å²) in [5.74, 6) is 4.08. The Morgan fingerprint density at radius 3 is 2.71 bits per heavy atom. The quantitative estimate of drug-likeness (QED) is 0.899. The van der Waals surface area contributed by atoms with Gasteiger partial charge in [0.1, 0.15) is 0 Å². The molecule has 1 aliphatic carbocycles. The Morgan fingerprint density at radius 2 is 2.00 bits per heavy atom. The average molecular weight is 291 g/mol. The molecule has 1 atom stereocenters. The van der Waals surface area contributed by atoms with Gasteiger partial charge < -0.3 is 9.84 Å². The van der Waals surface area contributed by atoms with Crippen molar-refractivity contribution in [1.82, 2.24) is 15.5 Å². The molecule has 1 aromatic heterocycles. The third kappa shape index (κ3) is 4.06. The molecule has 1 saturated heterocycles. The van der Waals surface area contributed by atoms with Gasteiger partial charge in [-0.05, 0) is 69.9 Å². The van der Waals surface area contributed by atoms with Gasteiger partial charge in [-0.15, -0.1) is 0 Å². The minimum absolute atomic E-state index is 0.543. The van der Waals surface area contributed by atoms with E-state index in [1.54, 1.807) is 0 Å². The Kier molecular flexibility index (Phi) is 5.28. The van der Waals surface area contributed by atoms with Gasteiger partial charge in [0, 0.05) is 12.3 Å². The smallest absolute Gasteiger partial charge is 0.226 e. The topological polar surface area (TPSA) is 51.0 Å². The maximum absolute atomic E-state index is 5.48. The summed E-state index contributed by atoms with van der Waals surface area (Å²) in [4.78, 5) is 4.67. The monoisotopic (exact) mass is 291 g/mol. The summed E-state index contributed by atoms with van der Waals surface area (Å²) in [5.41, 5.74) is 0. The van der Waals surface area contributed by atoms with Crippen LogP contribution in [0.5, 0.6) is 0 Å². The van der Waals surface area contributed by atoms with E-state index in [2.05, 4.69) is 22.4 Å². The molecule has 21 heavy (non-hydrogen) atoms. The predicted octanol–water partition coefficient (Wildman–Crippen LogP) is 3.69. The van der Waals surface area contributed by atoms with E-state index in [1.807, 2.05) is 0 Å². The zero-order valence-electron chi connectivity index (χ0n) is 13.3. The lowest BCUT2D eigenvalue weighted by atomic mass is 9.80. The van der Waals surface area contributed by atoms with Crippen molar-refractivity contribution in [3.63, 3.8) is 0 Å². The van der Waals surface area contributed by atoms with E-state index < -0.39 is 0 Å². The van der Waals surface area contributed by atoms with Crippen molar-refractivity contribution in [1.29, 1.82) is 0 Å². The van der Waals surface area contributed by atoms with Crippen LogP contribution in [-0.4, -0.2) is 23.2 Å². The number of aryl methyl sites for hydroxylation is 1. The highest BCUT2D eigenvalue weighted by Crippen LogP contribution is 2.35. The molecule has 1 aromatic rings. The van der Waals surface area contributed by atoms with Crippen LogP contribution in [-0.2, 0) is 6.42 Å². The number of hydrogen-bond acceptors (Lipinski definition) is 4. The molecule has 0 aromatic carbocycles. The minimum atomic E-state index is 0.543. The predicted molar refractivity (Wildman–Crippen MR) is 83.2 cm³/mol. The van der Waals surface area contributed by atoms with Gasteiger partial charge in [-0.25, -0.2) is 0 Å². The number of nitrogens with one attached hydrogen (secondary N) is 1. The Balaban J connectivity index is 1.47. The van der Waals surface area contributed by atoms with Crippen molar-refractivity contribution in [3.8, 4) is 0 Å². The van der Waals surface area contributed by atoms with Gasteiger partial charge in [0.25, 0.3) is 0 Å². The molecule has 2 aliphatic rings. The number of aromatic nitrogens is 2. The third-order valence-corrected chi connectivity index (χ3v) is 5.44. The SMILES string of the molecule is CCC1CCC(c2noc(CCC3CCCNC3)n2)CC1. The van der Waals surface area contributed by atoms with Crippen LogP contribution in [0.1, 0.15) is 75.9 Å². The number of nitrogens with zero attached hydrogens (tertiary/aromatic N) is 2. The summed E-state index contributed by atoms with van der Waals surface area (Å²) >= 11 is 0. The first-order valence-corrected chi connectivity index (χ1v) is 8.88. The second-order valence-electron chi connectivity index (χ2n) is 6.92. The normalized spacial score (nSPS) is 30.4. The third-order valence-electron chi connectivity index (χ3n) is 5.44. The first-order valence-electron chi connectivity index (χ1n) is 8.88. The molecule has 1 saturated carbocycles. The highest BCUT2D eigenvalue weighted by molar-refractivity contribution is 4.98. The maximum atomic E-state index is 5.48. The second-order valence-corrected chi connectivity index (χ2v) is 6.92. The molecule has 4 nitrogen and oxygen atoms in total. The molecule has 1 N–H and O–H groups in total. The molecule has 1 aliphatic heterocycles. The Bertz CT molecular complexity index is 417. The van der Waals surface area contributed by atoms with E-state index in [4.69, 9.17) is 4.52 Å². The summed E-state index contributed by atoms with van der Waals surface area (Å²) in [6.45, 7) is 4.64. The summed E-state index contributed by atoms with van der Waals surface area (Å²) in [5, 5.41) is 7.72. The van der Waals surface area contributed by atoms with Gasteiger partial charge in [0.15, 0.2) is 5.82 Å². The van der Waals surface area contributed by atoms with Crippen LogP contribution in [0.4, 0.5) is 0 Å². The lowest BCUT2D eigenvalue weighted by Crippen LogP contribution is -2.29. The van der Waals surface area contributed by atoms with Crippen LogP contribution < -0.4 is 5.32 Å². The number of piperidine rings is 1. The largest absolute Gasteiger partial charge is 0.339 e. The standard InChI is InChI=1S/C17H29N3O/c1-2-13-5-8-15(9-6-13)17-19-16(21-20-17)10-7-14-4-3-11-18-12-14/h13-15,18H,2-12H2,1H3. The fourth-order valence-electron chi connectivity index (χ4n) is 3.86.